The summed E-state index contributed by atoms with van der Waals surface area (Å²) in [5.74, 6) is 3.79. The third-order valence-electron chi connectivity index (χ3n) is 16.4. The van der Waals surface area contributed by atoms with Gasteiger partial charge < -0.3 is 53.5 Å². The number of nitrogens with one attached hydrogen (secondary N) is 1. The van der Waals surface area contributed by atoms with Gasteiger partial charge in [-0.25, -0.2) is 0 Å². The van der Waals surface area contributed by atoms with Crippen LogP contribution in [0.1, 0.15) is 375 Å². The second-order valence-electron chi connectivity index (χ2n) is 49.3. The molecule has 0 bridgehead atoms. The largest absolute Gasteiger partial charge is 0.469 e. The number of allylic oxidation sites excluding steroid dienone is 2. The number of rotatable bonds is 30. The lowest BCUT2D eigenvalue weighted by Crippen LogP contribution is -2.23. The predicted molar refractivity (Wildman–Crippen MR) is 589 cm³/mol. The summed E-state index contributed by atoms with van der Waals surface area (Å²) < 4.78 is 30.8. The first-order chi connectivity index (χ1) is 59.2. The molecule has 131 heavy (non-hydrogen) atoms. The van der Waals surface area contributed by atoms with Gasteiger partial charge in [0.2, 0.25) is 11.8 Å². The zero-order valence-electron chi connectivity index (χ0n) is 97.9. The van der Waals surface area contributed by atoms with Crippen molar-refractivity contribution in [2.45, 2.75) is 382 Å². The van der Waals surface area contributed by atoms with Crippen LogP contribution in [0.3, 0.4) is 0 Å². The zero-order chi connectivity index (χ0) is 105. The van der Waals surface area contributed by atoms with Crippen LogP contribution in [0.5, 0.6) is 0 Å². The minimum absolute atomic E-state index is 0.111. The van der Waals surface area contributed by atoms with Crippen molar-refractivity contribution in [1.29, 1.82) is 0 Å². The van der Waals surface area contributed by atoms with Crippen LogP contribution in [-0.2, 0) is 62.1 Å². The Morgan fingerprint density at radius 1 is 0.450 bits per heavy atom. The van der Waals surface area contributed by atoms with Gasteiger partial charge in [0, 0.05) is 93.7 Å². The van der Waals surface area contributed by atoms with E-state index in [0.29, 0.717) is 92.4 Å². The molecular formula is C116H232N4O10S. The van der Waals surface area contributed by atoms with Crippen LogP contribution in [0.25, 0.3) is 0 Å². The van der Waals surface area contributed by atoms with Gasteiger partial charge in [-0.2, -0.15) is 11.8 Å². The van der Waals surface area contributed by atoms with Crippen LogP contribution in [0.4, 0.5) is 0 Å². The maximum Gasteiger partial charge on any atom is 0.305 e. The van der Waals surface area contributed by atoms with E-state index in [-0.39, 0.29) is 23.2 Å². The van der Waals surface area contributed by atoms with E-state index in [0.717, 1.165) is 117 Å². The quantitative estimate of drug-likeness (QED) is 0.0371. The number of amides is 2. The van der Waals surface area contributed by atoms with E-state index in [1.807, 2.05) is 60.2 Å². The molecule has 2 amide bonds. The number of aryl methyl sites for hydroxylation is 3. The molecule has 0 spiro atoms. The molecule has 3 aromatic rings. The maximum absolute atomic E-state index is 10.9. The molecule has 2 N–H and O–H groups in total. The van der Waals surface area contributed by atoms with Crippen molar-refractivity contribution in [3.05, 3.63) is 118 Å². The Morgan fingerprint density at radius 3 is 1.13 bits per heavy atom. The van der Waals surface area contributed by atoms with Gasteiger partial charge in [0.15, 0.2) is 0 Å². The second kappa shape index (κ2) is 86.2. The normalized spacial score (nSPS) is 11.5. The lowest BCUT2D eigenvalue weighted by molar-refractivity contribution is -0.141. The minimum Gasteiger partial charge on any atom is -0.469 e. The first-order valence-electron chi connectivity index (χ1n) is 49.6. The number of esters is 1. The molecular weight excluding hydrogens is 1640 g/mol. The van der Waals surface area contributed by atoms with Crippen LogP contribution >= 0.6 is 11.8 Å². The summed E-state index contributed by atoms with van der Waals surface area (Å²) in [6.45, 7) is 106. The first-order valence-corrected chi connectivity index (χ1v) is 51.0. The lowest BCUT2D eigenvalue weighted by atomic mass is 9.86. The summed E-state index contributed by atoms with van der Waals surface area (Å²) >= 11 is 1.91. The molecule has 0 saturated carbocycles. The number of hydrogen-bond donors (Lipinski definition) is 2. The third-order valence-corrected chi connectivity index (χ3v) is 17.6. The van der Waals surface area contributed by atoms with Gasteiger partial charge in [0.25, 0.3) is 0 Å². The second-order valence-corrected chi connectivity index (χ2v) is 50.2. The number of ether oxygens (including phenoxy) is 6. The number of aliphatic hydroxyl groups is 1. The van der Waals surface area contributed by atoms with E-state index in [1.165, 1.54) is 65.6 Å². The molecule has 0 aliphatic rings. The molecule has 3 aromatic carbocycles. The van der Waals surface area contributed by atoms with E-state index >= 15 is 0 Å². The van der Waals surface area contributed by atoms with Crippen molar-refractivity contribution in [3.8, 4) is 0 Å². The highest BCUT2D eigenvalue weighted by Gasteiger charge is 2.17. The Balaban J connectivity index is -0.000000132. The van der Waals surface area contributed by atoms with Crippen molar-refractivity contribution < 1.29 is 47.9 Å². The van der Waals surface area contributed by atoms with E-state index in [4.69, 9.17) is 28.8 Å². The molecule has 0 radical (unpaired) electrons. The minimum atomic E-state index is -0.125. The zero-order valence-corrected chi connectivity index (χ0v) is 98.8. The van der Waals surface area contributed by atoms with Gasteiger partial charge in [-0.15, -0.1) is 0 Å². The number of carbonyl (C=O) groups excluding carboxylic acids is 3. The van der Waals surface area contributed by atoms with Crippen molar-refractivity contribution >= 4 is 29.5 Å². The molecule has 782 valence electrons. The molecule has 0 aliphatic carbocycles. The number of methoxy groups -OCH3 is 2. The van der Waals surface area contributed by atoms with Crippen LogP contribution in [0, 0.1) is 98.6 Å². The van der Waals surface area contributed by atoms with E-state index < -0.39 is 0 Å². The number of aliphatic hydroxyl groups excluding tert-OH is 1. The molecule has 0 unspecified atom stereocenters. The van der Waals surface area contributed by atoms with Crippen molar-refractivity contribution in [1.82, 2.24) is 20.0 Å². The van der Waals surface area contributed by atoms with E-state index in [9.17, 15) is 14.4 Å². The van der Waals surface area contributed by atoms with Gasteiger partial charge in [-0.3, -0.25) is 14.4 Å². The molecule has 14 nitrogen and oxygen atoms in total. The molecule has 0 atom stereocenters. The topological polar surface area (TPSA) is 149 Å². The number of carbonyl (C=O) groups is 3. The molecule has 0 aliphatic heterocycles. The summed E-state index contributed by atoms with van der Waals surface area (Å²) in [6, 6.07) is 26.2. The predicted octanol–water partition coefficient (Wildman–Crippen LogP) is 30.9. The van der Waals surface area contributed by atoms with Crippen molar-refractivity contribution in [2.24, 2.45) is 77.8 Å². The fourth-order valence-corrected chi connectivity index (χ4v) is 11.0. The van der Waals surface area contributed by atoms with Gasteiger partial charge in [0.05, 0.1) is 33.5 Å². The number of likely N-dealkylation sites (N-methyl/N-ethyl adjacent to an activating group) is 1. The summed E-state index contributed by atoms with van der Waals surface area (Å²) in [7, 11) is 16.7. The van der Waals surface area contributed by atoms with E-state index in [1.54, 1.807) is 33.2 Å². The highest BCUT2D eigenvalue weighted by Crippen LogP contribution is 2.26. The third kappa shape index (κ3) is 166. The van der Waals surface area contributed by atoms with Gasteiger partial charge in [0.1, 0.15) is 0 Å². The fourth-order valence-electron chi connectivity index (χ4n) is 10.1. The summed E-state index contributed by atoms with van der Waals surface area (Å²) in [5.41, 5.74) is 12.2. The number of thioether (sulfide) groups is 1. The SMILES string of the molecule is C/C=C/CC(C)(C)C.CC(C)(C)CCO.CC(C)CC(=O)N(C)C.CC(C)CN(C)C.CC(C)COCCN(C)C.CCCOCCC(C)(C)C.CCCOCCOCCC(C)(C)C.CNC(=O)CC(C)(C)C.COC(=O)CC(C)C.COCC(C)(C)C.CSCC(C)(C)C.Cc1ccc(CC(C)(C)C)cc1.Cc1cccc(CC(C)(C)C)c1.Cc1ccccc1CC(C)(C)C. The highest BCUT2D eigenvalue weighted by atomic mass is 32.2. The Kier molecular flexibility index (Phi) is 98.5. The summed E-state index contributed by atoms with van der Waals surface area (Å²) in [5, 5.41) is 11.0. The average Bonchev–Trinajstić information content (AvgIpc) is 0.875. The van der Waals surface area contributed by atoms with Crippen LogP contribution in [0.2, 0.25) is 0 Å². The summed E-state index contributed by atoms with van der Waals surface area (Å²) in [4.78, 5) is 37.9. The average molecular weight is 1880 g/mol. The van der Waals surface area contributed by atoms with Crippen LogP contribution in [0.15, 0.2) is 84.9 Å². The van der Waals surface area contributed by atoms with E-state index in [2.05, 4.69) is 395 Å². The fraction of sp³-hybridized carbons (Fsp3) is 0.802. The molecule has 0 saturated heterocycles. The Bertz CT molecular complexity index is 2940. The number of hydrogen-bond acceptors (Lipinski definition) is 13. The molecule has 3 rings (SSSR count). The van der Waals surface area contributed by atoms with Crippen LogP contribution < -0.4 is 5.32 Å². The molecule has 15 heteroatoms. The number of nitrogens with zero attached hydrogens (tertiary/aromatic N) is 3. The smallest absolute Gasteiger partial charge is 0.305 e. The van der Waals surface area contributed by atoms with Gasteiger partial charge in [-0.05, 0) is 232 Å². The molecule has 0 fully saturated rings. The Labute approximate surface area is 825 Å². The highest BCUT2D eigenvalue weighted by molar-refractivity contribution is 7.98. The summed E-state index contributed by atoms with van der Waals surface area (Å²) in [6.07, 6.45) is 18.3. The van der Waals surface area contributed by atoms with Gasteiger partial charge in [-0.1, -0.05) is 373 Å². The molecule has 0 aromatic heterocycles. The Morgan fingerprint density at radius 2 is 0.885 bits per heavy atom. The van der Waals surface area contributed by atoms with Crippen LogP contribution in [-0.4, -0.2) is 192 Å². The first kappa shape index (κ1) is 150. The van der Waals surface area contributed by atoms with Crippen molar-refractivity contribution in [3.63, 3.8) is 0 Å². The maximum atomic E-state index is 10.9. The Hall–Kier alpha value is -4.16. The number of benzene rings is 3. The van der Waals surface area contributed by atoms with Crippen molar-refractivity contribution in [2.75, 3.05) is 155 Å². The standard InChI is InChI=1S/3C12H18.C11H24O2.C9H20O.C8H19NO.C8H16.2C7H15NO.C6H15N.C6H12O2.2C6H14O.C6H14S/c1-10-5-7-11(8-6-10)9-12(2,3)4;1-10-6-5-7-11(8-10)9-12(2,3)4;1-10-7-5-6-8-11(10)9-12(2,3)4;1-5-7-12-9-10-13-8-6-11(2,3)4;1-5-7-10-8-6-9(2,3)4;1-8(2)7-10-6-5-9(3)4;1-5-6-7-8(2,3)4;1-7(2,3)5-6(9)8-4;1-6(2)5-7(9)8(3)4;1-6(2)5-7(3)4;1-5(2)4-6(7)8-3;1-6(2,3)5-7-4;1-6(2,3)4-5-7;1-6(2,3)5-7-4/h3*5-8H,9H2,1-4H3;5-10H2,1-4H3;5-8H2,1-4H3;8H,5-7H2,1-4H3;5-6H,7H2,1-4H3;5H2,1-4H3,(H,8,9);6H,5H2,1-4H3;6H,5H2,1-4H3;5H,4H2,1-3H3;5H2,1-4H3;7H,4-5H2,1-3H3;5H2,1-4H3/b;;;;;;6-5+;;;;;;;. The molecule has 0 heterocycles. The van der Waals surface area contributed by atoms with Gasteiger partial charge >= 0.3 is 5.97 Å². The lowest BCUT2D eigenvalue weighted by Gasteiger charge is -2.19. The monoisotopic (exact) mass is 1870 g/mol.